The fraction of sp³-hybridized carbons (Fsp3) is 0.400. The van der Waals surface area contributed by atoms with E-state index in [1.54, 1.807) is 0 Å². The normalized spacial score (nSPS) is 11.5. The molecule has 0 fully saturated rings. The molecule has 1 rings (SSSR count). The molecule has 0 aliphatic rings. The molecule has 0 saturated carbocycles. The van der Waals surface area contributed by atoms with Crippen molar-refractivity contribution in [3.63, 3.8) is 0 Å². The number of rotatable bonds is 4. The van der Waals surface area contributed by atoms with E-state index in [9.17, 15) is 18.5 Å². The third kappa shape index (κ3) is 3.11. The quantitative estimate of drug-likeness (QED) is 0.423. The molecule has 9 heteroatoms. The van der Waals surface area contributed by atoms with Crippen molar-refractivity contribution in [1.82, 2.24) is 9.55 Å². The summed E-state index contributed by atoms with van der Waals surface area (Å²) in [6, 6.07) is 0. The first-order valence-electron chi connectivity index (χ1n) is 3.50. The van der Waals surface area contributed by atoms with E-state index in [4.69, 9.17) is 4.55 Å². The molecule has 0 amide bonds. The Morgan fingerprint density at radius 1 is 1.64 bits per heavy atom. The Hall–Kier alpha value is -1.48. The van der Waals surface area contributed by atoms with Gasteiger partial charge in [-0.05, 0) is 9.91 Å². The Morgan fingerprint density at radius 3 is 2.71 bits per heavy atom. The van der Waals surface area contributed by atoms with Crippen LogP contribution in [0.25, 0.3) is 0 Å². The lowest BCUT2D eigenvalue weighted by Crippen LogP contribution is -2.10. The zero-order chi connectivity index (χ0) is 10.8. The predicted molar refractivity (Wildman–Crippen MR) is 45.3 cm³/mol. The molecule has 78 valence electrons. The molecule has 0 bridgehead atoms. The largest absolute Gasteiger partial charge is 0.381 e. The molecule has 0 aliphatic carbocycles. The highest BCUT2D eigenvalue weighted by molar-refractivity contribution is 7.85. The topological polar surface area (TPSA) is 115 Å². The van der Waals surface area contributed by atoms with Crippen molar-refractivity contribution in [2.45, 2.75) is 6.54 Å². The van der Waals surface area contributed by atoms with Gasteiger partial charge < -0.3 is 14.7 Å². The number of nitrogens with zero attached hydrogens (tertiary/aromatic N) is 3. The van der Waals surface area contributed by atoms with Crippen molar-refractivity contribution in [1.29, 1.82) is 0 Å². The second-order valence-electron chi connectivity index (χ2n) is 2.51. The van der Waals surface area contributed by atoms with Gasteiger partial charge in [-0.25, -0.2) is 0 Å². The van der Waals surface area contributed by atoms with Crippen molar-refractivity contribution >= 4 is 15.9 Å². The van der Waals surface area contributed by atoms with Gasteiger partial charge in [0.25, 0.3) is 10.1 Å². The van der Waals surface area contributed by atoms with Gasteiger partial charge in [0.05, 0.1) is 5.75 Å². The second kappa shape index (κ2) is 3.72. The fourth-order valence-corrected chi connectivity index (χ4v) is 1.23. The predicted octanol–water partition coefficient (Wildman–Crippen LogP) is -0.321. The lowest BCUT2D eigenvalue weighted by atomic mass is 10.7. The van der Waals surface area contributed by atoms with Crippen LogP contribution in [-0.4, -0.2) is 33.2 Å². The van der Waals surface area contributed by atoms with Crippen molar-refractivity contribution in [2.24, 2.45) is 0 Å². The molecule has 0 radical (unpaired) electrons. The van der Waals surface area contributed by atoms with Crippen LogP contribution >= 0.6 is 0 Å². The minimum atomic E-state index is -4.05. The van der Waals surface area contributed by atoms with Crippen LogP contribution < -0.4 is 0 Å². The Kier molecular flexibility index (Phi) is 2.81. The van der Waals surface area contributed by atoms with Crippen molar-refractivity contribution in [2.75, 3.05) is 5.75 Å². The maximum atomic E-state index is 10.3. The zero-order valence-electron chi connectivity index (χ0n) is 6.90. The van der Waals surface area contributed by atoms with Crippen LogP contribution in [0.2, 0.25) is 0 Å². The van der Waals surface area contributed by atoms with Crippen LogP contribution in [0.1, 0.15) is 0 Å². The van der Waals surface area contributed by atoms with Gasteiger partial charge in [-0.15, -0.1) is 0 Å². The number of imidazole rings is 1. The van der Waals surface area contributed by atoms with Gasteiger partial charge in [-0.1, -0.05) is 0 Å². The minimum Gasteiger partial charge on any atom is -0.358 e. The average molecular weight is 221 g/mol. The standard InChI is InChI=1S/C5H7N3O5S/c9-8(10)5-3-7(4-6-5)1-2-14(11,12)13/h3-4H,1-2H2,(H,11,12,13). The summed E-state index contributed by atoms with van der Waals surface area (Å²) in [6.45, 7) is -0.0698. The number of hydrogen-bond donors (Lipinski definition) is 1. The first-order valence-corrected chi connectivity index (χ1v) is 5.11. The lowest BCUT2D eigenvalue weighted by molar-refractivity contribution is -0.389. The van der Waals surface area contributed by atoms with Crippen molar-refractivity contribution < 1.29 is 17.9 Å². The lowest BCUT2D eigenvalue weighted by Gasteiger charge is -1.96. The smallest absolute Gasteiger partial charge is 0.358 e. The molecule has 0 saturated heterocycles. The van der Waals surface area contributed by atoms with E-state index in [0.717, 1.165) is 12.5 Å². The highest BCUT2D eigenvalue weighted by atomic mass is 32.2. The van der Waals surface area contributed by atoms with Crippen LogP contribution in [0.5, 0.6) is 0 Å². The van der Waals surface area contributed by atoms with Gasteiger partial charge >= 0.3 is 5.82 Å². The number of aryl methyl sites for hydroxylation is 1. The van der Waals surface area contributed by atoms with Gasteiger partial charge in [0.1, 0.15) is 6.20 Å². The average Bonchev–Trinajstić information content (AvgIpc) is 2.47. The fourth-order valence-electron chi connectivity index (χ4n) is 0.786. The SMILES string of the molecule is O=[N+]([O-])c1cn(CCS(=O)(=O)O)cn1. The Balaban J connectivity index is 2.65. The Labute approximate surface area is 79.1 Å². The highest BCUT2D eigenvalue weighted by Gasteiger charge is 2.11. The third-order valence-corrected chi connectivity index (χ3v) is 2.11. The molecule has 0 spiro atoms. The molecule has 1 N–H and O–H groups in total. The van der Waals surface area contributed by atoms with E-state index in [2.05, 4.69) is 4.98 Å². The van der Waals surface area contributed by atoms with Crippen LogP contribution in [0, 0.1) is 10.1 Å². The first-order chi connectivity index (χ1) is 6.38. The monoisotopic (exact) mass is 221 g/mol. The van der Waals surface area contributed by atoms with Gasteiger partial charge in [-0.2, -0.15) is 8.42 Å². The van der Waals surface area contributed by atoms with Crippen LogP contribution in [0.15, 0.2) is 12.5 Å². The molecule has 1 aromatic rings. The maximum Gasteiger partial charge on any atom is 0.381 e. The molecule has 0 unspecified atom stereocenters. The van der Waals surface area contributed by atoms with Gasteiger partial charge in [0.15, 0.2) is 0 Å². The summed E-state index contributed by atoms with van der Waals surface area (Å²) in [4.78, 5) is 12.9. The summed E-state index contributed by atoms with van der Waals surface area (Å²) in [5.41, 5.74) is 0. The van der Waals surface area contributed by atoms with E-state index >= 15 is 0 Å². The highest BCUT2D eigenvalue weighted by Crippen LogP contribution is 2.05. The van der Waals surface area contributed by atoms with E-state index in [-0.39, 0.29) is 12.4 Å². The first kappa shape index (κ1) is 10.6. The van der Waals surface area contributed by atoms with Gasteiger partial charge in [0, 0.05) is 6.54 Å². The van der Waals surface area contributed by atoms with Gasteiger partial charge in [-0.3, -0.25) is 4.55 Å². The van der Waals surface area contributed by atoms with E-state index in [1.165, 1.54) is 4.57 Å². The zero-order valence-corrected chi connectivity index (χ0v) is 7.72. The number of aromatic nitrogens is 2. The molecule has 14 heavy (non-hydrogen) atoms. The molecule has 0 aromatic carbocycles. The number of nitro groups is 1. The second-order valence-corrected chi connectivity index (χ2v) is 4.08. The third-order valence-electron chi connectivity index (χ3n) is 1.41. The minimum absolute atomic E-state index is 0.0698. The summed E-state index contributed by atoms with van der Waals surface area (Å²) in [7, 11) is -4.05. The summed E-state index contributed by atoms with van der Waals surface area (Å²) >= 11 is 0. The summed E-state index contributed by atoms with van der Waals surface area (Å²) in [6.07, 6.45) is 2.22. The summed E-state index contributed by atoms with van der Waals surface area (Å²) < 4.78 is 30.3. The van der Waals surface area contributed by atoms with Crippen molar-refractivity contribution in [3.05, 3.63) is 22.6 Å². The molecule has 1 aromatic heterocycles. The van der Waals surface area contributed by atoms with Crippen LogP contribution in [0.3, 0.4) is 0 Å². The summed E-state index contributed by atoms with van der Waals surface area (Å²) in [5.74, 6) is -0.860. The van der Waals surface area contributed by atoms with E-state index < -0.39 is 20.8 Å². The van der Waals surface area contributed by atoms with E-state index in [0.29, 0.717) is 0 Å². The Morgan fingerprint density at radius 2 is 2.29 bits per heavy atom. The molecular weight excluding hydrogens is 214 g/mol. The number of hydrogen-bond acceptors (Lipinski definition) is 5. The molecule has 0 aliphatic heterocycles. The van der Waals surface area contributed by atoms with Crippen LogP contribution in [-0.2, 0) is 16.7 Å². The molecule has 0 atom stereocenters. The Bertz CT molecular complexity index is 436. The van der Waals surface area contributed by atoms with Crippen LogP contribution in [0.4, 0.5) is 5.82 Å². The summed E-state index contributed by atoms with van der Waals surface area (Å²) in [5, 5.41) is 10.2. The molecular formula is C5H7N3O5S. The van der Waals surface area contributed by atoms with Gasteiger partial charge in [0.2, 0.25) is 6.33 Å². The maximum absolute atomic E-state index is 10.3. The van der Waals surface area contributed by atoms with Crippen molar-refractivity contribution in [3.8, 4) is 0 Å². The molecule has 8 nitrogen and oxygen atoms in total. The molecule has 1 heterocycles. The van der Waals surface area contributed by atoms with E-state index in [1.807, 2.05) is 0 Å².